The first kappa shape index (κ1) is 19.5. The fraction of sp³-hybridized carbons (Fsp3) is 0.389. The quantitative estimate of drug-likeness (QED) is 0.658. The van der Waals surface area contributed by atoms with Crippen LogP contribution < -0.4 is 15.4 Å². The molecule has 0 spiro atoms. The highest BCUT2D eigenvalue weighted by Gasteiger charge is 2.21. The Kier molecular flexibility index (Phi) is 6.22. The van der Waals surface area contributed by atoms with Crippen LogP contribution in [0.5, 0.6) is 0 Å². The van der Waals surface area contributed by atoms with Crippen LogP contribution in [0.2, 0.25) is 0 Å². The van der Waals surface area contributed by atoms with Gasteiger partial charge in [-0.1, -0.05) is 19.8 Å². The lowest BCUT2D eigenvalue weighted by Gasteiger charge is -2.30. The van der Waals surface area contributed by atoms with E-state index in [1.54, 1.807) is 18.2 Å². The number of hydrogen-bond acceptors (Lipinski definition) is 5. The van der Waals surface area contributed by atoms with Crippen LogP contribution in [0.15, 0.2) is 47.6 Å². The molecule has 0 unspecified atom stereocenters. The molecule has 1 heterocycles. The molecule has 1 aliphatic carbocycles. The van der Waals surface area contributed by atoms with Crippen molar-refractivity contribution >= 4 is 39.0 Å². The summed E-state index contributed by atoms with van der Waals surface area (Å²) < 4.78 is 27.1. The van der Waals surface area contributed by atoms with Crippen molar-refractivity contribution in [3.63, 3.8) is 0 Å². The molecule has 2 atom stereocenters. The van der Waals surface area contributed by atoms with Crippen molar-refractivity contribution in [1.29, 1.82) is 0 Å². The second-order valence-electron chi connectivity index (χ2n) is 6.67. The molecule has 1 fully saturated rings. The summed E-state index contributed by atoms with van der Waals surface area (Å²) in [7, 11) is -3.74. The number of nitrogens with zero attached hydrogens (tertiary/aromatic N) is 2. The van der Waals surface area contributed by atoms with Crippen LogP contribution in [0.3, 0.4) is 0 Å². The molecule has 1 aliphatic rings. The topological polar surface area (TPSA) is 96.0 Å². The van der Waals surface area contributed by atoms with Crippen LogP contribution in [0.25, 0.3) is 0 Å². The number of anilines is 2. The predicted molar refractivity (Wildman–Crippen MR) is 110 cm³/mol. The van der Waals surface area contributed by atoms with E-state index < -0.39 is 10.0 Å². The number of aromatic nitrogens is 2. The monoisotopic (exact) mass is 405 g/mol. The van der Waals surface area contributed by atoms with E-state index in [1.807, 2.05) is 0 Å². The van der Waals surface area contributed by atoms with E-state index in [2.05, 4.69) is 32.2 Å². The maximum Gasteiger partial charge on any atom is 0.264 e. The van der Waals surface area contributed by atoms with E-state index in [4.69, 9.17) is 12.2 Å². The predicted octanol–water partition coefficient (Wildman–Crippen LogP) is 3.14. The lowest BCUT2D eigenvalue weighted by atomic mass is 9.86. The standard InChI is InChI=1S/C18H23N5O2S2/c1-13-5-2-3-6-16(13)22-18(26)21-14-7-9-15(10-8-14)27(24,25)23-17-19-11-4-12-20-17/h4,7-13,16H,2-3,5-6H2,1H3,(H,19,20,23)(H2,21,22,26)/t13-,16-/m0/s1. The average Bonchev–Trinajstić information content (AvgIpc) is 2.64. The maximum atomic E-state index is 12.4. The molecule has 0 bridgehead atoms. The van der Waals surface area contributed by atoms with Gasteiger partial charge >= 0.3 is 0 Å². The average molecular weight is 406 g/mol. The summed E-state index contributed by atoms with van der Waals surface area (Å²) in [6.07, 6.45) is 7.77. The molecule has 0 amide bonds. The van der Waals surface area contributed by atoms with Crippen molar-refractivity contribution in [1.82, 2.24) is 15.3 Å². The molecule has 144 valence electrons. The molecule has 1 saturated carbocycles. The molecule has 1 aromatic heterocycles. The van der Waals surface area contributed by atoms with E-state index in [1.165, 1.54) is 43.8 Å². The zero-order valence-electron chi connectivity index (χ0n) is 15.1. The molecule has 0 aliphatic heterocycles. The highest BCUT2D eigenvalue weighted by molar-refractivity contribution is 7.92. The first-order valence-electron chi connectivity index (χ1n) is 8.91. The minimum absolute atomic E-state index is 0.0340. The van der Waals surface area contributed by atoms with Gasteiger partial charge in [-0.3, -0.25) is 0 Å². The van der Waals surface area contributed by atoms with E-state index in [9.17, 15) is 8.42 Å². The normalized spacial score (nSPS) is 19.9. The number of nitrogens with one attached hydrogen (secondary N) is 3. The van der Waals surface area contributed by atoms with E-state index in [-0.39, 0.29) is 10.8 Å². The zero-order chi connectivity index (χ0) is 19.3. The summed E-state index contributed by atoms with van der Waals surface area (Å²) in [6, 6.07) is 8.38. The van der Waals surface area contributed by atoms with Gasteiger partial charge in [0, 0.05) is 24.1 Å². The summed E-state index contributed by atoms with van der Waals surface area (Å²) in [5.74, 6) is 0.629. The molecular weight excluding hydrogens is 382 g/mol. The minimum Gasteiger partial charge on any atom is -0.359 e. The first-order chi connectivity index (χ1) is 12.9. The van der Waals surface area contributed by atoms with Gasteiger partial charge in [-0.15, -0.1) is 0 Å². The Balaban J connectivity index is 1.60. The zero-order valence-corrected chi connectivity index (χ0v) is 16.7. The van der Waals surface area contributed by atoms with Gasteiger partial charge < -0.3 is 10.6 Å². The van der Waals surface area contributed by atoms with Crippen molar-refractivity contribution < 1.29 is 8.42 Å². The second-order valence-corrected chi connectivity index (χ2v) is 8.76. The summed E-state index contributed by atoms with van der Waals surface area (Å²) in [5, 5.41) is 7.04. The second kappa shape index (κ2) is 8.62. The fourth-order valence-electron chi connectivity index (χ4n) is 3.11. The van der Waals surface area contributed by atoms with Gasteiger partial charge in [-0.2, -0.15) is 0 Å². The van der Waals surface area contributed by atoms with Crippen LogP contribution in [0.1, 0.15) is 32.6 Å². The van der Waals surface area contributed by atoms with Gasteiger partial charge in [-0.05, 0) is 61.3 Å². The third-order valence-electron chi connectivity index (χ3n) is 4.64. The number of rotatable bonds is 5. The van der Waals surface area contributed by atoms with Gasteiger partial charge in [0.1, 0.15) is 0 Å². The van der Waals surface area contributed by atoms with Crippen LogP contribution >= 0.6 is 12.2 Å². The molecule has 27 heavy (non-hydrogen) atoms. The van der Waals surface area contributed by atoms with Crippen molar-refractivity contribution in [2.45, 2.75) is 43.5 Å². The van der Waals surface area contributed by atoms with Crippen molar-refractivity contribution in [2.75, 3.05) is 10.0 Å². The number of hydrogen-bond donors (Lipinski definition) is 3. The molecule has 3 rings (SSSR count). The smallest absolute Gasteiger partial charge is 0.264 e. The summed E-state index contributed by atoms with van der Waals surface area (Å²) in [5.41, 5.74) is 0.728. The molecule has 0 saturated heterocycles. The van der Waals surface area contributed by atoms with Gasteiger partial charge in [0.2, 0.25) is 5.95 Å². The molecule has 9 heteroatoms. The van der Waals surface area contributed by atoms with Crippen LogP contribution in [0.4, 0.5) is 11.6 Å². The first-order valence-corrected chi connectivity index (χ1v) is 10.8. The van der Waals surface area contributed by atoms with E-state index in [0.29, 0.717) is 17.1 Å². The van der Waals surface area contributed by atoms with Crippen LogP contribution in [-0.4, -0.2) is 29.5 Å². The summed E-state index contributed by atoms with van der Waals surface area (Å²) in [6.45, 7) is 2.24. The van der Waals surface area contributed by atoms with Gasteiger partial charge in [0.05, 0.1) is 4.90 Å². The molecular formula is C18H23N5O2S2. The highest BCUT2D eigenvalue weighted by atomic mass is 32.2. The Bertz CT molecular complexity index is 872. The summed E-state index contributed by atoms with van der Waals surface area (Å²) >= 11 is 5.39. The van der Waals surface area contributed by atoms with Crippen molar-refractivity contribution in [3.8, 4) is 0 Å². The van der Waals surface area contributed by atoms with Gasteiger partial charge in [0.25, 0.3) is 10.0 Å². The third-order valence-corrected chi connectivity index (χ3v) is 6.21. The largest absolute Gasteiger partial charge is 0.359 e. The Hall–Kier alpha value is -2.26. The maximum absolute atomic E-state index is 12.4. The molecule has 7 nitrogen and oxygen atoms in total. The number of benzene rings is 1. The van der Waals surface area contributed by atoms with Crippen LogP contribution in [0, 0.1) is 5.92 Å². The van der Waals surface area contributed by atoms with Crippen LogP contribution in [-0.2, 0) is 10.0 Å². The van der Waals surface area contributed by atoms with Crippen molar-refractivity contribution in [2.24, 2.45) is 5.92 Å². The fourth-order valence-corrected chi connectivity index (χ4v) is 4.34. The number of sulfonamides is 1. The highest BCUT2D eigenvalue weighted by Crippen LogP contribution is 2.24. The Morgan fingerprint density at radius 2 is 1.78 bits per heavy atom. The third kappa shape index (κ3) is 5.36. The lowest BCUT2D eigenvalue weighted by Crippen LogP contribution is -2.43. The minimum atomic E-state index is -3.74. The van der Waals surface area contributed by atoms with E-state index in [0.717, 1.165) is 12.1 Å². The van der Waals surface area contributed by atoms with Gasteiger partial charge in [0.15, 0.2) is 5.11 Å². The Morgan fingerprint density at radius 3 is 2.44 bits per heavy atom. The molecule has 1 aromatic carbocycles. The van der Waals surface area contributed by atoms with Gasteiger partial charge in [-0.25, -0.2) is 23.1 Å². The summed E-state index contributed by atoms with van der Waals surface area (Å²) in [4.78, 5) is 7.86. The Labute approximate surface area is 165 Å². The number of thiocarbonyl (C=S) groups is 1. The molecule has 2 aromatic rings. The SMILES string of the molecule is C[C@H]1CCCC[C@@H]1NC(=S)Nc1ccc(S(=O)(=O)Nc2ncccn2)cc1. The van der Waals surface area contributed by atoms with E-state index >= 15 is 0 Å². The lowest BCUT2D eigenvalue weighted by molar-refractivity contribution is 0.309. The molecule has 0 radical (unpaired) electrons. The van der Waals surface area contributed by atoms with Crippen molar-refractivity contribution in [3.05, 3.63) is 42.7 Å². The molecule has 3 N–H and O–H groups in total. The Morgan fingerprint density at radius 1 is 1.11 bits per heavy atom.